The number of rotatable bonds is 5. The highest BCUT2D eigenvalue weighted by molar-refractivity contribution is 6.49. The maximum Gasteiger partial charge on any atom is 0.338 e. The molecule has 0 atom stereocenters. The minimum absolute atomic E-state index is 0.189. The molecule has 0 bridgehead atoms. The van der Waals surface area contributed by atoms with Crippen LogP contribution in [0.2, 0.25) is 0 Å². The molecule has 0 fully saturated rings. The second-order valence-corrected chi connectivity index (χ2v) is 3.39. The van der Waals surface area contributed by atoms with Gasteiger partial charge < -0.3 is 5.73 Å². The third-order valence-corrected chi connectivity index (χ3v) is 1.70. The molecule has 0 saturated heterocycles. The third kappa shape index (κ3) is 4.45. The van der Waals surface area contributed by atoms with Gasteiger partial charge in [-0.3, -0.25) is 9.59 Å². The van der Waals surface area contributed by atoms with E-state index < -0.39 is 11.8 Å². The summed E-state index contributed by atoms with van der Waals surface area (Å²) in [5, 5.41) is 0. The number of nitrogens with zero attached hydrogens (tertiary/aromatic N) is 1. The van der Waals surface area contributed by atoms with Crippen LogP contribution in [0.5, 0.6) is 0 Å². The van der Waals surface area contributed by atoms with Crippen LogP contribution in [0.3, 0.4) is 0 Å². The molecule has 5 nitrogen and oxygen atoms in total. The molecule has 0 aromatic heterocycles. The molecular weight excluding hydrogens is 208 g/mol. The predicted molar refractivity (Wildman–Crippen MR) is 61.3 cm³/mol. The summed E-state index contributed by atoms with van der Waals surface area (Å²) in [6.45, 7) is 9.83. The Bertz CT molecular complexity index is 405. The molecule has 0 aromatic carbocycles. The van der Waals surface area contributed by atoms with Crippen molar-refractivity contribution in [3.8, 4) is 0 Å². The number of amides is 2. The van der Waals surface area contributed by atoms with Crippen molar-refractivity contribution in [2.45, 2.75) is 20.3 Å². The first kappa shape index (κ1) is 14.0. The van der Waals surface area contributed by atoms with Gasteiger partial charge in [0, 0.05) is 0 Å². The van der Waals surface area contributed by atoms with Crippen LogP contribution in [0.15, 0.2) is 29.3 Å². The first-order valence-electron chi connectivity index (χ1n) is 4.51. The summed E-state index contributed by atoms with van der Waals surface area (Å²) < 4.78 is 0. The van der Waals surface area contributed by atoms with E-state index in [2.05, 4.69) is 18.2 Å². The SMILES string of the molecule is C=C(C)C(=O)C/C(=N/C(N)=O)C(=O)C(=C)C. The second kappa shape index (κ2) is 5.75. The fourth-order valence-corrected chi connectivity index (χ4v) is 0.853. The van der Waals surface area contributed by atoms with Crippen molar-refractivity contribution in [2.24, 2.45) is 10.7 Å². The van der Waals surface area contributed by atoms with Gasteiger partial charge in [0.2, 0.25) is 5.78 Å². The molecule has 0 radical (unpaired) electrons. The highest BCUT2D eigenvalue weighted by Crippen LogP contribution is 2.03. The lowest BCUT2D eigenvalue weighted by atomic mass is 10.0. The van der Waals surface area contributed by atoms with Gasteiger partial charge in [-0.25, -0.2) is 4.79 Å². The van der Waals surface area contributed by atoms with Crippen LogP contribution in [-0.4, -0.2) is 23.3 Å². The Balaban J connectivity index is 5.06. The number of hydrogen-bond donors (Lipinski definition) is 1. The molecule has 0 rings (SSSR count). The summed E-state index contributed by atoms with van der Waals surface area (Å²) in [6, 6.07) is -1.01. The van der Waals surface area contributed by atoms with E-state index >= 15 is 0 Å². The van der Waals surface area contributed by atoms with Gasteiger partial charge in [0.1, 0.15) is 5.71 Å². The van der Waals surface area contributed by atoms with Crippen molar-refractivity contribution in [1.29, 1.82) is 0 Å². The maximum atomic E-state index is 11.5. The smallest absolute Gasteiger partial charge is 0.338 e. The number of nitrogens with two attached hydrogens (primary N) is 1. The summed E-state index contributed by atoms with van der Waals surface area (Å²) in [6.07, 6.45) is -0.288. The van der Waals surface area contributed by atoms with Crippen molar-refractivity contribution < 1.29 is 14.4 Å². The number of aliphatic imine (C=N–C) groups is 1. The molecule has 0 aromatic rings. The highest BCUT2D eigenvalue weighted by Gasteiger charge is 2.17. The number of allylic oxidation sites excluding steroid dienone is 2. The number of urea groups is 1. The number of ketones is 2. The van der Waals surface area contributed by atoms with Crippen molar-refractivity contribution >= 4 is 23.3 Å². The zero-order valence-corrected chi connectivity index (χ0v) is 9.37. The van der Waals surface area contributed by atoms with Gasteiger partial charge in [0.15, 0.2) is 5.78 Å². The van der Waals surface area contributed by atoms with Crippen molar-refractivity contribution in [3.63, 3.8) is 0 Å². The Morgan fingerprint density at radius 1 is 1.12 bits per heavy atom. The van der Waals surface area contributed by atoms with E-state index in [9.17, 15) is 14.4 Å². The number of carbonyl (C=O) groups is 3. The molecule has 0 aliphatic carbocycles. The number of hydrogen-bond acceptors (Lipinski definition) is 3. The lowest BCUT2D eigenvalue weighted by molar-refractivity contribution is -0.115. The third-order valence-electron chi connectivity index (χ3n) is 1.70. The van der Waals surface area contributed by atoms with E-state index in [0.29, 0.717) is 0 Å². The predicted octanol–water partition coefficient (Wildman–Crippen LogP) is 1.19. The lowest BCUT2D eigenvalue weighted by Crippen LogP contribution is -2.22. The van der Waals surface area contributed by atoms with Gasteiger partial charge in [0.25, 0.3) is 0 Å². The van der Waals surface area contributed by atoms with E-state index in [1.54, 1.807) is 0 Å². The Labute approximate surface area is 93.7 Å². The normalized spacial score (nSPS) is 10.8. The molecule has 0 heterocycles. The van der Waals surface area contributed by atoms with Crippen LogP contribution in [0.4, 0.5) is 4.79 Å². The molecule has 2 amide bonds. The topological polar surface area (TPSA) is 89.6 Å². The van der Waals surface area contributed by atoms with Crippen molar-refractivity contribution in [1.82, 2.24) is 0 Å². The molecule has 16 heavy (non-hydrogen) atoms. The van der Waals surface area contributed by atoms with Crippen LogP contribution in [0, 0.1) is 0 Å². The van der Waals surface area contributed by atoms with E-state index in [1.165, 1.54) is 13.8 Å². The Hall–Kier alpha value is -2.04. The van der Waals surface area contributed by atoms with Gasteiger partial charge in [0.05, 0.1) is 6.42 Å². The van der Waals surface area contributed by atoms with E-state index in [0.717, 1.165) is 0 Å². The summed E-state index contributed by atoms with van der Waals surface area (Å²) in [4.78, 5) is 36.8. The van der Waals surface area contributed by atoms with Crippen LogP contribution in [-0.2, 0) is 9.59 Å². The Kier molecular flexibility index (Phi) is 5.01. The van der Waals surface area contributed by atoms with Gasteiger partial charge in [-0.15, -0.1) is 0 Å². The summed E-state index contributed by atoms with van der Waals surface area (Å²) >= 11 is 0. The fraction of sp³-hybridized carbons (Fsp3) is 0.273. The maximum absolute atomic E-state index is 11.5. The molecule has 0 spiro atoms. The fourth-order valence-electron chi connectivity index (χ4n) is 0.853. The van der Waals surface area contributed by atoms with Crippen LogP contribution >= 0.6 is 0 Å². The number of primary amides is 1. The largest absolute Gasteiger partial charge is 0.350 e. The Morgan fingerprint density at radius 2 is 1.62 bits per heavy atom. The Morgan fingerprint density at radius 3 is 1.94 bits per heavy atom. The molecule has 0 unspecified atom stereocenters. The minimum Gasteiger partial charge on any atom is -0.350 e. The van der Waals surface area contributed by atoms with Crippen molar-refractivity contribution in [2.75, 3.05) is 0 Å². The monoisotopic (exact) mass is 222 g/mol. The summed E-state index contributed by atoms with van der Waals surface area (Å²) in [5.74, 6) is -0.914. The molecule has 86 valence electrons. The van der Waals surface area contributed by atoms with Crippen LogP contribution in [0.1, 0.15) is 20.3 Å². The highest BCUT2D eigenvalue weighted by atomic mass is 16.2. The van der Waals surface area contributed by atoms with E-state index in [4.69, 9.17) is 5.73 Å². The number of Topliss-reactive ketones (excluding diaryl/α,β-unsaturated/α-hetero) is 2. The molecule has 2 N–H and O–H groups in total. The lowest BCUT2D eigenvalue weighted by Gasteiger charge is -2.03. The van der Waals surface area contributed by atoms with Gasteiger partial charge in [-0.1, -0.05) is 13.2 Å². The van der Waals surface area contributed by atoms with E-state index in [-0.39, 0.29) is 29.1 Å². The molecule has 5 heteroatoms. The number of carbonyl (C=O) groups excluding carboxylic acids is 3. The first-order chi connectivity index (χ1) is 7.25. The van der Waals surface area contributed by atoms with E-state index in [1.807, 2.05) is 0 Å². The molecule has 0 saturated carbocycles. The molecular formula is C11H14N2O3. The minimum atomic E-state index is -1.01. The standard InChI is InChI=1S/C11H14N2O3/c1-6(2)9(14)5-8(13-11(12)16)10(15)7(3)4/h1,3,5H2,2,4H3,(H2,12,16)/b13-8-. The van der Waals surface area contributed by atoms with Crippen LogP contribution < -0.4 is 5.73 Å². The summed E-state index contributed by atoms with van der Waals surface area (Å²) in [7, 11) is 0. The second-order valence-electron chi connectivity index (χ2n) is 3.39. The van der Waals surface area contributed by atoms with Gasteiger partial charge in [-0.2, -0.15) is 4.99 Å². The zero-order chi connectivity index (χ0) is 12.9. The summed E-state index contributed by atoms with van der Waals surface area (Å²) in [5.41, 5.74) is 5.11. The zero-order valence-electron chi connectivity index (χ0n) is 9.37. The van der Waals surface area contributed by atoms with Gasteiger partial charge >= 0.3 is 6.03 Å². The first-order valence-corrected chi connectivity index (χ1v) is 4.51. The van der Waals surface area contributed by atoms with Gasteiger partial charge in [-0.05, 0) is 25.0 Å². The molecule has 0 aliphatic rings. The average Bonchev–Trinajstić information content (AvgIpc) is 2.14. The quantitative estimate of drug-likeness (QED) is 0.559. The van der Waals surface area contributed by atoms with Crippen molar-refractivity contribution in [3.05, 3.63) is 24.3 Å². The average molecular weight is 222 g/mol. The van der Waals surface area contributed by atoms with Crippen LogP contribution in [0.25, 0.3) is 0 Å². The molecule has 0 aliphatic heterocycles.